The van der Waals surface area contributed by atoms with Gasteiger partial charge in [0.2, 0.25) is 5.91 Å². The van der Waals surface area contributed by atoms with Crippen molar-refractivity contribution in [1.82, 2.24) is 10.6 Å². The Hall–Kier alpha value is -3.04. The zero-order valence-electron chi connectivity index (χ0n) is 12.0. The molecule has 0 heterocycles. The number of nitro benzene ring substituents is 1. The Labute approximate surface area is 129 Å². The first-order chi connectivity index (χ1) is 10.8. The van der Waals surface area contributed by atoms with Crippen LogP contribution in [0.4, 0.5) is 10.1 Å². The number of nitro groups is 1. The van der Waals surface area contributed by atoms with Crippen LogP contribution in [0.1, 0.15) is 17.3 Å². The fraction of sp³-hybridized carbons (Fsp3) is 0.308. The van der Waals surface area contributed by atoms with Crippen molar-refractivity contribution in [2.24, 2.45) is 0 Å². The molecule has 1 aromatic carbocycles. The highest BCUT2D eigenvalue weighted by Crippen LogP contribution is 2.13. The first-order valence-electron chi connectivity index (χ1n) is 6.40. The molecule has 0 bridgehead atoms. The molecule has 2 atom stereocenters. The summed E-state index contributed by atoms with van der Waals surface area (Å²) in [6.07, 6.45) is 0. The minimum atomic E-state index is -1.71. The summed E-state index contributed by atoms with van der Waals surface area (Å²) in [6.45, 7) is -0.0334. The Morgan fingerprint density at radius 1 is 1.35 bits per heavy atom. The van der Waals surface area contributed by atoms with E-state index in [1.54, 1.807) is 0 Å². The minimum Gasteiger partial charge on any atom is -0.480 e. The average molecular weight is 327 g/mol. The molecule has 124 valence electrons. The maximum Gasteiger partial charge on any atom is 0.328 e. The van der Waals surface area contributed by atoms with E-state index in [-0.39, 0.29) is 11.3 Å². The SMILES string of the molecule is CC(NC(=O)c1cccc([N+](=O)[O-])c1)C(=O)NC(CF)C(=O)O. The number of amides is 2. The van der Waals surface area contributed by atoms with E-state index in [0.29, 0.717) is 0 Å². The molecule has 0 radical (unpaired) electrons. The van der Waals surface area contributed by atoms with E-state index < -0.39 is 41.5 Å². The van der Waals surface area contributed by atoms with Gasteiger partial charge in [-0.1, -0.05) is 6.07 Å². The highest BCUT2D eigenvalue weighted by Gasteiger charge is 2.24. The van der Waals surface area contributed by atoms with Gasteiger partial charge in [0, 0.05) is 17.7 Å². The van der Waals surface area contributed by atoms with Crippen molar-refractivity contribution in [1.29, 1.82) is 0 Å². The summed E-state index contributed by atoms with van der Waals surface area (Å²) in [5, 5.41) is 23.4. The Kier molecular flexibility index (Phi) is 6.13. The second-order valence-electron chi connectivity index (χ2n) is 4.56. The summed E-state index contributed by atoms with van der Waals surface area (Å²) in [4.78, 5) is 44.2. The summed E-state index contributed by atoms with van der Waals surface area (Å²) in [6, 6.07) is 1.98. The van der Waals surface area contributed by atoms with Gasteiger partial charge in [0.25, 0.3) is 11.6 Å². The third-order valence-corrected chi connectivity index (χ3v) is 2.83. The quantitative estimate of drug-likeness (QED) is 0.485. The van der Waals surface area contributed by atoms with E-state index >= 15 is 0 Å². The van der Waals surface area contributed by atoms with Gasteiger partial charge in [-0.05, 0) is 13.0 Å². The molecule has 10 heteroatoms. The molecule has 1 rings (SSSR count). The highest BCUT2D eigenvalue weighted by molar-refractivity contribution is 5.98. The van der Waals surface area contributed by atoms with Crippen LogP contribution in [0.3, 0.4) is 0 Å². The van der Waals surface area contributed by atoms with Gasteiger partial charge in [-0.25, -0.2) is 9.18 Å². The molecule has 0 aliphatic heterocycles. The largest absolute Gasteiger partial charge is 0.480 e. The second kappa shape index (κ2) is 7.82. The predicted molar refractivity (Wildman–Crippen MR) is 75.6 cm³/mol. The molecule has 0 saturated carbocycles. The minimum absolute atomic E-state index is 0.0425. The molecule has 3 N–H and O–H groups in total. The summed E-state index contributed by atoms with van der Waals surface area (Å²) in [5.41, 5.74) is -0.336. The molecule has 0 aliphatic rings. The van der Waals surface area contributed by atoms with Crippen LogP contribution in [-0.4, -0.2) is 46.6 Å². The van der Waals surface area contributed by atoms with Crippen molar-refractivity contribution in [3.05, 3.63) is 39.9 Å². The number of carbonyl (C=O) groups excluding carboxylic acids is 2. The molecular weight excluding hydrogens is 313 g/mol. The Morgan fingerprint density at radius 3 is 2.52 bits per heavy atom. The fourth-order valence-corrected chi connectivity index (χ4v) is 1.57. The molecule has 0 saturated heterocycles. The first-order valence-corrected chi connectivity index (χ1v) is 6.40. The third kappa shape index (κ3) is 5.02. The van der Waals surface area contributed by atoms with Crippen molar-refractivity contribution in [2.75, 3.05) is 6.67 Å². The number of hydrogen-bond acceptors (Lipinski definition) is 5. The number of nitrogens with zero attached hydrogens (tertiary/aromatic N) is 1. The van der Waals surface area contributed by atoms with Gasteiger partial charge in [0.15, 0.2) is 6.04 Å². The molecule has 0 aromatic heterocycles. The number of benzene rings is 1. The van der Waals surface area contributed by atoms with Gasteiger partial charge in [0.05, 0.1) is 4.92 Å². The zero-order chi connectivity index (χ0) is 17.6. The van der Waals surface area contributed by atoms with Gasteiger partial charge in [-0.15, -0.1) is 0 Å². The third-order valence-electron chi connectivity index (χ3n) is 2.83. The number of carbonyl (C=O) groups is 3. The standard InChI is InChI=1S/C13H14FN3O6/c1-7(11(18)16-10(6-14)13(20)21)15-12(19)8-3-2-4-9(5-8)17(22)23/h2-5,7,10H,6H2,1H3,(H,15,19)(H,16,18)(H,20,21). The van der Waals surface area contributed by atoms with Crippen molar-refractivity contribution in [3.8, 4) is 0 Å². The number of halogens is 1. The van der Waals surface area contributed by atoms with E-state index in [9.17, 15) is 28.9 Å². The average Bonchev–Trinajstić information content (AvgIpc) is 2.51. The summed E-state index contributed by atoms with van der Waals surface area (Å²) >= 11 is 0. The first kappa shape index (κ1) is 18.0. The number of non-ortho nitro benzene ring substituents is 1. The van der Waals surface area contributed by atoms with E-state index in [1.165, 1.54) is 25.1 Å². The lowest BCUT2D eigenvalue weighted by atomic mass is 10.1. The number of aliphatic carboxylic acids is 1. The number of nitrogens with one attached hydrogen (secondary N) is 2. The van der Waals surface area contributed by atoms with Crippen LogP contribution in [-0.2, 0) is 9.59 Å². The molecular formula is C13H14FN3O6. The van der Waals surface area contributed by atoms with Gasteiger partial charge in [0.1, 0.15) is 12.7 Å². The lowest BCUT2D eigenvalue weighted by molar-refractivity contribution is -0.384. The second-order valence-corrected chi connectivity index (χ2v) is 4.56. The lowest BCUT2D eigenvalue weighted by Gasteiger charge is -2.16. The van der Waals surface area contributed by atoms with Gasteiger partial charge in [-0.2, -0.15) is 0 Å². The zero-order valence-corrected chi connectivity index (χ0v) is 12.0. The number of hydrogen-bond donors (Lipinski definition) is 3. The number of carboxylic acids is 1. The van der Waals surface area contributed by atoms with Gasteiger partial charge >= 0.3 is 5.97 Å². The van der Waals surface area contributed by atoms with E-state index in [2.05, 4.69) is 5.32 Å². The normalized spacial score (nSPS) is 12.8. The molecule has 0 aliphatic carbocycles. The van der Waals surface area contributed by atoms with Gasteiger partial charge in [-0.3, -0.25) is 19.7 Å². The fourth-order valence-electron chi connectivity index (χ4n) is 1.57. The van der Waals surface area contributed by atoms with Crippen LogP contribution < -0.4 is 10.6 Å². The van der Waals surface area contributed by atoms with Crippen molar-refractivity contribution < 1.29 is 28.8 Å². The van der Waals surface area contributed by atoms with Crippen molar-refractivity contribution in [3.63, 3.8) is 0 Å². The van der Waals surface area contributed by atoms with Crippen LogP contribution in [0, 0.1) is 10.1 Å². The summed E-state index contributed by atoms with van der Waals surface area (Å²) < 4.78 is 12.4. The Morgan fingerprint density at radius 2 is 2.00 bits per heavy atom. The molecule has 9 nitrogen and oxygen atoms in total. The van der Waals surface area contributed by atoms with Gasteiger partial charge < -0.3 is 15.7 Å². The maximum atomic E-state index is 12.4. The Balaban J connectivity index is 2.73. The monoisotopic (exact) mass is 327 g/mol. The Bertz CT molecular complexity index is 636. The van der Waals surface area contributed by atoms with E-state index in [1.807, 2.05) is 5.32 Å². The van der Waals surface area contributed by atoms with E-state index in [4.69, 9.17) is 5.11 Å². The molecule has 23 heavy (non-hydrogen) atoms. The number of carboxylic acid groups (broad SMARTS) is 1. The number of alkyl halides is 1. The lowest BCUT2D eigenvalue weighted by Crippen LogP contribution is -2.51. The van der Waals surface area contributed by atoms with Crippen LogP contribution in [0.5, 0.6) is 0 Å². The molecule has 2 unspecified atom stereocenters. The maximum absolute atomic E-state index is 12.4. The molecule has 2 amide bonds. The molecule has 0 spiro atoms. The summed E-state index contributed by atoms with van der Waals surface area (Å²) in [7, 11) is 0. The van der Waals surface area contributed by atoms with Crippen LogP contribution >= 0.6 is 0 Å². The smallest absolute Gasteiger partial charge is 0.328 e. The number of rotatable bonds is 7. The topological polar surface area (TPSA) is 139 Å². The molecule has 0 fully saturated rings. The predicted octanol–water partition coefficient (Wildman–Crippen LogP) is 0.252. The van der Waals surface area contributed by atoms with Crippen LogP contribution in [0.2, 0.25) is 0 Å². The van der Waals surface area contributed by atoms with E-state index in [0.717, 1.165) is 6.07 Å². The highest BCUT2D eigenvalue weighted by atomic mass is 19.1. The molecule has 1 aromatic rings. The summed E-state index contributed by atoms with van der Waals surface area (Å²) in [5.74, 6) is -3.20. The van der Waals surface area contributed by atoms with Crippen LogP contribution in [0.15, 0.2) is 24.3 Å². The van der Waals surface area contributed by atoms with Crippen molar-refractivity contribution in [2.45, 2.75) is 19.0 Å². The van der Waals surface area contributed by atoms with Crippen molar-refractivity contribution >= 4 is 23.5 Å². The van der Waals surface area contributed by atoms with Crippen LogP contribution in [0.25, 0.3) is 0 Å².